The highest BCUT2D eigenvalue weighted by molar-refractivity contribution is 6.33. The van der Waals surface area contributed by atoms with Crippen molar-refractivity contribution in [2.75, 3.05) is 26.3 Å². The Morgan fingerprint density at radius 1 is 1.07 bits per heavy atom. The molecule has 9 nitrogen and oxygen atoms in total. The number of hydrogen-bond acceptors (Lipinski definition) is 8. The quantitative estimate of drug-likeness (QED) is 0.267. The lowest BCUT2D eigenvalue weighted by molar-refractivity contribution is 0.00706. The Morgan fingerprint density at radius 3 is 2.41 bits per heavy atom. The molecule has 2 aliphatic heterocycles. The number of H-pyrrole nitrogens is 1. The molecule has 6 rings (SSSR count). The summed E-state index contributed by atoms with van der Waals surface area (Å²) in [5.74, 6) is 0. The number of pyridine rings is 1. The normalized spacial score (nSPS) is 21.9. The standard InChI is InChI=1S/C31H34ClN5O4/c1-17(2)37(13-12-33)18(3)19-4-6-20(7-5-19)21-8-10-22(11-9-21)27-23(32)14-24-30(35-27)36-31(34-24)41-26-16-40-28-25(38)15-39-29(26)28/h4-11,14,17,25-26,28-29,38H,3,12-13,15-16,33H2,1-2H3,(H,34,35,36)/t25-,26-,28?,29-/m1/s1. The highest BCUT2D eigenvalue weighted by Crippen LogP contribution is 2.33. The van der Waals surface area contributed by atoms with Gasteiger partial charge in [0.25, 0.3) is 6.01 Å². The maximum absolute atomic E-state index is 9.97. The fraction of sp³-hybridized carbons (Fsp3) is 0.355. The molecule has 2 aromatic carbocycles. The molecule has 0 aliphatic carbocycles. The number of benzene rings is 2. The van der Waals surface area contributed by atoms with Crippen molar-refractivity contribution in [1.82, 2.24) is 19.9 Å². The number of nitrogens with two attached hydrogens (primary N) is 1. The first-order chi connectivity index (χ1) is 19.8. The minimum Gasteiger partial charge on any atom is -0.456 e. The molecule has 2 fully saturated rings. The molecule has 214 valence electrons. The molecule has 1 unspecified atom stereocenters. The molecular formula is C31H34ClN5O4. The maximum atomic E-state index is 9.97. The van der Waals surface area contributed by atoms with Gasteiger partial charge >= 0.3 is 0 Å². The van der Waals surface area contributed by atoms with Crippen LogP contribution < -0.4 is 10.5 Å². The zero-order valence-electron chi connectivity index (χ0n) is 23.1. The minimum absolute atomic E-state index is 0.238. The molecular weight excluding hydrogens is 542 g/mol. The molecule has 2 aromatic heterocycles. The van der Waals surface area contributed by atoms with Crippen LogP contribution in [-0.4, -0.2) is 81.7 Å². The third-order valence-electron chi connectivity index (χ3n) is 7.70. The van der Waals surface area contributed by atoms with Crippen molar-refractivity contribution in [3.8, 4) is 28.4 Å². The number of fused-ring (bicyclic) bond motifs is 2. The summed E-state index contributed by atoms with van der Waals surface area (Å²) in [6.07, 6.45) is -1.71. The predicted octanol–water partition coefficient (Wildman–Crippen LogP) is 4.49. The Balaban J connectivity index is 1.18. The molecule has 4 N–H and O–H groups in total. The van der Waals surface area contributed by atoms with E-state index in [1.165, 1.54) is 0 Å². The zero-order chi connectivity index (χ0) is 28.7. The zero-order valence-corrected chi connectivity index (χ0v) is 23.8. The van der Waals surface area contributed by atoms with Crippen LogP contribution in [0.15, 0.2) is 61.2 Å². The monoisotopic (exact) mass is 575 g/mol. The molecule has 0 spiro atoms. The van der Waals surface area contributed by atoms with Crippen LogP contribution >= 0.6 is 11.6 Å². The Hall–Kier alpha value is -3.47. The van der Waals surface area contributed by atoms with E-state index in [4.69, 9.17) is 36.5 Å². The highest BCUT2D eigenvalue weighted by Gasteiger charge is 2.48. The van der Waals surface area contributed by atoms with Gasteiger partial charge in [-0.2, -0.15) is 4.98 Å². The molecule has 10 heteroatoms. The van der Waals surface area contributed by atoms with E-state index < -0.39 is 6.10 Å². The first kappa shape index (κ1) is 27.7. The SMILES string of the molecule is C=C(c1ccc(-c2ccc(-c3nc4nc(O[C@@H]5COC6[C@H](O)CO[C@@H]65)[nH]c4cc3Cl)cc2)cc1)N(CCN)C(C)C. The average Bonchev–Trinajstić information content (AvgIpc) is 3.67. The summed E-state index contributed by atoms with van der Waals surface area (Å²) in [4.78, 5) is 14.6. The minimum atomic E-state index is -0.639. The van der Waals surface area contributed by atoms with E-state index in [0.29, 0.717) is 47.1 Å². The number of aromatic nitrogens is 3. The first-order valence-electron chi connectivity index (χ1n) is 13.8. The number of ether oxygens (including phenoxy) is 3. The van der Waals surface area contributed by atoms with Crippen LogP contribution in [0.3, 0.4) is 0 Å². The Kier molecular flexibility index (Phi) is 7.72. The summed E-state index contributed by atoms with van der Waals surface area (Å²) in [6.45, 7) is 10.5. The van der Waals surface area contributed by atoms with E-state index in [2.05, 4.69) is 71.7 Å². The molecule has 2 aliphatic rings. The highest BCUT2D eigenvalue weighted by atomic mass is 35.5. The smallest absolute Gasteiger partial charge is 0.296 e. The molecule has 4 heterocycles. The van der Waals surface area contributed by atoms with Crippen molar-refractivity contribution in [2.24, 2.45) is 5.73 Å². The van der Waals surface area contributed by atoms with Crippen LogP contribution in [0.2, 0.25) is 5.02 Å². The lowest BCUT2D eigenvalue weighted by atomic mass is 10.0. The van der Waals surface area contributed by atoms with Gasteiger partial charge in [0.05, 0.1) is 29.4 Å². The second-order valence-electron chi connectivity index (χ2n) is 10.7. The maximum Gasteiger partial charge on any atom is 0.296 e. The summed E-state index contributed by atoms with van der Waals surface area (Å²) < 4.78 is 17.3. The van der Waals surface area contributed by atoms with E-state index in [-0.39, 0.29) is 24.9 Å². The predicted molar refractivity (Wildman–Crippen MR) is 160 cm³/mol. The molecule has 0 bridgehead atoms. The Bertz CT molecular complexity index is 1540. The number of aliphatic hydroxyl groups excluding tert-OH is 1. The van der Waals surface area contributed by atoms with Crippen LogP contribution in [0.5, 0.6) is 6.01 Å². The third kappa shape index (κ3) is 5.43. The largest absolute Gasteiger partial charge is 0.456 e. The van der Waals surface area contributed by atoms with Gasteiger partial charge in [0.2, 0.25) is 0 Å². The topological polar surface area (TPSA) is 119 Å². The molecule has 0 saturated carbocycles. The van der Waals surface area contributed by atoms with E-state index >= 15 is 0 Å². The molecule has 0 amide bonds. The summed E-state index contributed by atoms with van der Waals surface area (Å²) >= 11 is 6.64. The molecule has 41 heavy (non-hydrogen) atoms. The van der Waals surface area contributed by atoms with Gasteiger partial charge in [0.1, 0.15) is 18.3 Å². The van der Waals surface area contributed by atoms with Gasteiger partial charge in [-0.3, -0.25) is 0 Å². The lowest BCUT2D eigenvalue weighted by Crippen LogP contribution is -2.34. The fourth-order valence-corrected chi connectivity index (χ4v) is 5.79. The van der Waals surface area contributed by atoms with Gasteiger partial charge in [-0.1, -0.05) is 66.7 Å². The Morgan fingerprint density at radius 2 is 1.73 bits per heavy atom. The third-order valence-corrected chi connectivity index (χ3v) is 7.99. The van der Waals surface area contributed by atoms with Crippen LogP contribution in [0.25, 0.3) is 39.2 Å². The van der Waals surface area contributed by atoms with Gasteiger partial charge in [0, 0.05) is 30.4 Å². The van der Waals surface area contributed by atoms with Gasteiger partial charge in [-0.05, 0) is 36.6 Å². The molecule has 2 saturated heterocycles. The van der Waals surface area contributed by atoms with E-state index in [1.807, 2.05) is 12.1 Å². The first-order valence-corrected chi connectivity index (χ1v) is 14.2. The average molecular weight is 576 g/mol. The number of nitrogens with zero attached hydrogens (tertiary/aromatic N) is 3. The lowest BCUT2D eigenvalue weighted by Gasteiger charge is -2.30. The van der Waals surface area contributed by atoms with Crippen molar-refractivity contribution < 1.29 is 19.3 Å². The van der Waals surface area contributed by atoms with Crippen LogP contribution in [0.1, 0.15) is 19.4 Å². The van der Waals surface area contributed by atoms with Gasteiger partial charge < -0.3 is 34.9 Å². The second-order valence-corrected chi connectivity index (χ2v) is 11.1. The van der Waals surface area contributed by atoms with Crippen molar-refractivity contribution in [3.63, 3.8) is 0 Å². The Labute approximate surface area is 243 Å². The number of aliphatic hydroxyl groups is 1. The van der Waals surface area contributed by atoms with Crippen molar-refractivity contribution in [2.45, 2.75) is 44.3 Å². The van der Waals surface area contributed by atoms with Crippen LogP contribution in [0.4, 0.5) is 0 Å². The van der Waals surface area contributed by atoms with Crippen molar-refractivity contribution in [3.05, 3.63) is 71.8 Å². The molecule has 4 aromatic rings. The number of halogens is 1. The van der Waals surface area contributed by atoms with E-state index in [1.54, 1.807) is 6.07 Å². The summed E-state index contributed by atoms with van der Waals surface area (Å²) in [5, 5.41) is 10.5. The summed E-state index contributed by atoms with van der Waals surface area (Å²) in [5.41, 5.74) is 12.7. The van der Waals surface area contributed by atoms with Crippen LogP contribution in [-0.2, 0) is 9.47 Å². The summed E-state index contributed by atoms with van der Waals surface area (Å²) in [6, 6.07) is 19.0. The van der Waals surface area contributed by atoms with E-state index in [0.717, 1.165) is 34.5 Å². The van der Waals surface area contributed by atoms with Gasteiger partial charge in [0.15, 0.2) is 11.8 Å². The summed E-state index contributed by atoms with van der Waals surface area (Å²) in [7, 11) is 0. The number of hydrogen-bond donors (Lipinski definition) is 3. The molecule has 4 atom stereocenters. The van der Waals surface area contributed by atoms with Crippen molar-refractivity contribution in [1.29, 1.82) is 0 Å². The van der Waals surface area contributed by atoms with Gasteiger partial charge in [-0.25, -0.2) is 4.98 Å². The number of imidazole rings is 1. The van der Waals surface area contributed by atoms with Crippen molar-refractivity contribution >= 4 is 28.5 Å². The van der Waals surface area contributed by atoms with E-state index in [9.17, 15) is 5.11 Å². The number of aromatic amines is 1. The molecule has 0 radical (unpaired) electrons. The van der Waals surface area contributed by atoms with Crippen LogP contribution in [0, 0.1) is 0 Å². The number of nitrogens with one attached hydrogen (secondary N) is 1. The fourth-order valence-electron chi connectivity index (χ4n) is 5.53. The number of rotatable bonds is 9. The van der Waals surface area contributed by atoms with Gasteiger partial charge in [-0.15, -0.1) is 0 Å². The second kappa shape index (κ2) is 11.4.